The van der Waals surface area contributed by atoms with Crippen LogP contribution in [0.25, 0.3) is 34.2 Å². The number of carbonyl (C=O) groups is 1. The first-order valence-electron chi connectivity index (χ1n) is 11.6. The molecule has 0 aliphatic carbocycles. The Bertz CT molecular complexity index is 1300. The fraction of sp³-hybridized carbons (Fsp3) is 0.308. The molecule has 1 aliphatic rings. The Morgan fingerprint density at radius 2 is 1.91 bits per heavy atom. The first kappa shape index (κ1) is 22.9. The van der Waals surface area contributed by atoms with Crippen LogP contribution in [0.15, 0.2) is 65.2 Å². The van der Waals surface area contributed by atoms with Crippen molar-refractivity contribution < 1.29 is 19.5 Å². The zero-order chi connectivity index (χ0) is 24.4. The molecule has 1 unspecified atom stereocenters. The lowest BCUT2D eigenvalue weighted by molar-refractivity contribution is -0.143. The van der Waals surface area contributed by atoms with Gasteiger partial charge in [0, 0.05) is 31.3 Å². The number of hydrogen-bond acceptors (Lipinski definition) is 7. The predicted molar refractivity (Wildman–Crippen MR) is 129 cm³/mol. The molecular weight excluding hydrogens is 446 g/mol. The monoisotopic (exact) mass is 473 g/mol. The van der Waals surface area contributed by atoms with Gasteiger partial charge in [-0.25, -0.2) is 0 Å². The van der Waals surface area contributed by atoms with Gasteiger partial charge in [0.25, 0.3) is 5.89 Å². The molecule has 4 aromatic rings. The van der Waals surface area contributed by atoms with Crippen LogP contribution < -0.4 is 0 Å². The molecule has 0 bridgehead atoms. The summed E-state index contributed by atoms with van der Waals surface area (Å²) in [6.07, 6.45) is 0.811. The number of aliphatic hydroxyl groups is 1. The number of benzene rings is 2. The van der Waals surface area contributed by atoms with Crippen LogP contribution in [0.1, 0.15) is 24.5 Å². The van der Waals surface area contributed by atoms with Gasteiger partial charge in [-0.3, -0.25) is 14.4 Å². The quantitative estimate of drug-likeness (QED) is 0.418. The van der Waals surface area contributed by atoms with Crippen molar-refractivity contribution in [3.8, 4) is 34.2 Å². The third kappa shape index (κ3) is 5.01. The summed E-state index contributed by atoms with van der Waals surface area (Å²) in [5.41, 5.74) is 4.08. The molecule has 2 N–H and O–H groups in total. The van der Waals surface area contributed by atoms with Crippen molar-refractivity contribution in [2.45, 2.75) is 18.9 Å². The van der Waals surface area contributed by atoms with E-state index in [1.165, 1.54) is 0 Å². The highest BCUT2D eigenvalue weighted by atomic mass is 16.5. The number of aliphatic hydroxyl groups excluding tert-OH is 1. The molecule has 3 heterocycles. The van der Waals surface area contributed by atoms with Crippen molar-refractivity contribution >= 4 is 5.97 Å². The molecule has 2 aromatic heterocycles. The van der Waals surface area contributed by atoms with Crippen molar-refractivity contribution in [1.29, 1.82) is 0 Å². The molecule has 5 rings (SSSR count). The topological polar surface area (TPSA) is 118 Å². The summed E-state index contributed by atoms with van der Waals surface area (Å²) in [7, 11) is 1.84. The second-order valence-electron chi connectivity index (χ2n) is 8.90. The number of aromatic nitrogens is 4. The summed E-state index contributed by atoms with van der Waals surface area (Å²) in [4.78, 5) is 17.9. The second kappa shape index (κ2) is 9.81. The Morgan fingerprint density at radius 1 is 1.14 bits per heavy atom. The van der Waals surface area contributed by atoms with E-state index >= 15 is 0 Å². The van der Waals surface area contributed by atoms with Crippen molar-refractivity contribution in [2.75, 3.05) is 19.6 Å². The summed E-state index contributed by atoms with van der Waals surface area (Å²) in [5.74, 6) is -0.312. The molecule has 0 spiro atoms. The standard InChI is InChI=1S/C26H27N5O4/c1-30-22(14-21(28-30)17-6-3-2-4-7-17)25-27-24(29-35-25)19-11-9-18(10-12-19)23(32)16-31-13-5-8-20(15-31)26(33)34/h2-4,6-7,9-12,14,20,23,32H,5,8,13,15-16H2,1H3,(H,33,34)/t20-,23?/m0/s1. The maximum atomic E-state index is 11.3. The first-order chi connectivity index (χ1) is 17.0. The van der Waals surface area contributed by atoms with Gasteiger partial charge in [-0.05, 0) is 31.0 Å². The number of β-amino-alcohol motifs (C(OH)–C–C–N with tert-alkyl or cyclic N) is 1. The maximum absolute atomic E-state index is 11.3. The minimum absolute atomic E-state index is 0.367. The predicted octanol–water partition coefficient (Wildman–Crippen LogP) is 3.63. The van der Waals surface area contributed by atoms with E-state index < -0.39 is 12.1 Å². The largest absolute Gasteiger partial charge is 0.481 e. The van der Waals surface area contributed by atoms with E-state index in [1.54, 1.807) is 4.68 Å². The summed E-state index contributed by atoms with van der Waals surface area (Å²) in [5, 5.41) is 28.6. The SMILES string of the molecule is Cn1nc(-c2ccccc2)cc1-c1nc(-c2ccc(C(O)CN3CCC[C@H](C(=O)O)C3)cc2)no1. The fourth-order valence-electron chi connectivity index (χ4n) is 4.49. The number of rotatable bonds is 7. The van der Waals surface area contributed by atoms with Gasteiger partial charge in [0.1, 0.15) is 5.69 Å². The van der Waals surface area contributed by atoms with E-state index in [0.29, 0.717) is 31.2 Å². The molecule has 0 amide bonds. The van der Waals surface area contributed by atoms with Gasteiger partial charge in [-0.2, -0.15) is 10.1 Å². The van der Waals surface area contributed by atoms with Crippen LogP contribution in [0.3, 0.4) is 0 Å². The summed E-state index contributed by atoms with van der Waals surface area (Å²) in [6, 6.07) is 19.2. The number of carboxylic acids is 1. The van der Waals surface area contributed by atoms with Crippen molar-refractivity contribution in [3.63, 3.8) is 0 Å². The van der Waals surface area contributed by atoms with Crippen LogP contribution in [0.4, 0.5) is 0 Å². The fourth-order valence-corrected chi connectivity index (χ4v) is 4.49. The molecule has 1 aliphatic heterocycles. The third-order valence-electron chi connectivity index (χ3n) is 6.43. The molecule has 0 radical (unpaired) electrons. The van der Waals surface area contributed by atoms with E-state index in [2.05, 4.69) is 15.2 Å². The minimum Gasteiger partial charge on any atom is -0.481 e. The van der Waals surface area contributed by atoms with Crippen molar-refractivity contribution in [2.24, 2.45) is 13.0 Å². The number of aryl methyl sites for hydroxylation is 1. The van der Waals surface area contributed by atoms with Gasteiger partial charge >= 0.3 is 5.97 Å². The lowest BCUT2D eigenvalue weighted by atomic mass is 9.97. The molecule has 0 saturated carbocycles. The highest BCUT2D eigenvalue weighted by molar-refractivity contribution is 5.70. The van der Waals surface area contributed by atoms with Crippen molar-refractivity contribution in [1.82, 2.24) is 24.8 Å². The highest BCUT2D eigenvalue weighted by Gasteiger charge is 2.26. The number of hydrogen-bond donors (Lipinski definition) is 2. The minimum atomic E-state index is -0.768. The number of carboxylic acid groups (broad SMARTS) is 1. The zero-order valence-corrected chi connectivity index (χ0v) is 19.4. The van der Waals surface area contributed by atoms with Crippen LogP contribution in [-0.4, -0.2) is 60.6 Å². The van der Waals surface area contributed by atoms with Gasteiger partial charge in [-0.1, -0.05) is 59.8 Å². The molecule has 2 atom stereocenters. The van der Waals surface area contributed by atoms with E-state index in [1.807, 2.05) is 72.6 Å². The summed E-state index contributed by atoms with van der Waals surface area (Å²) >= 11 is 0. The molecule has 9 heteroatoms. The van der Waals surface area contributed by atoms with E-state index in [4.69, 9.17) is 4.52 Å². The molecule has 1 saturated heterocycles. The van der Waals surface area contributed by atoms with Gasteiger partial charge in [-0.15, -0.1) is 0 Å². The number of nitrogens with zero attached hydrogens (tertiary/aromatic N) is 5. The Kier molecular flexibility index (Phi) is 6.43. The smallest absolute Gasteiger partial charge is 0.307 e. The van der Waals surface area contributed by atoms with Gasteiger partial charge < -0.3 is 14.7 Å². The van der Waals surface area contributed by atoms with E-state index in [9.17, 15) is 15.0 Å². The Morgan fingerprint density at radius 3 is 2.66 bits per heavy atom. The molecule has 180 valence electrons. The van der Waals surface area contributed by atoms with Crippen LogP contribution in [0, 0.1) is 5.92 Å². The second-order valence-corrected chi connectivity index (χ2v) is 8.90. The van der Waals surface area contributed by atoms with Gasteiger partial charge in [0.05, 0.1) is 17.7 Å². The summed E-state index contributed by atoms with van der Waals surface area (Å²) < 4.78 is 7.23. The van der Waals surface area contributed by atoms with Crippen LogP contribution >= 0.6 is 0 Å². The van der Waals surface area contributed by atoms with E-state index in [-0.39, 0.29) is 5.92 Å². The zero-order valence-electron chi connectivity index (χ0n) is 19.4. The molecule has 1 fully saturated rings. The Balaban J connectivity index is 1.27. The Hall–Kier alpha value is -3.82. The van der Waals surface area contributed by atoms with Crippen LogP contribution in [0.5, 0.6) is 0 Å². The molecule has 35 heavy (non-hydrogen) atoms. The number of likely N-dealkylation sites (tertiary alicyclic amines) is 1. The van der Waals surface area contributed by atoms with Crippen LogP contribution in [-0.2, 0) is 11.8 Å². The Labute approximate surface area is 202 Å². The summed E-state index contributed by atoms with van der Waals surface area (Å²) in [6.45, 7) is 1.67. The maximum Gasteiger partial charge on any atom is 0.307 e. The number of aliphatic carboxylic acids is 1. The van der Waals surface area contributed by atoms with Crippen molar-refractivity contribution in [3.05, 3.63) is 66.2 Å². The van der Waals surface area contributed by atoms with Crippen LogP contribution in [0.2, 0.25) is 0 Å². The molecule has 9 nitrogen and oxygen atoms in total. The van der Waals surface area contributed by atoms with E-state index in [0.717, 1.165) is 41.0 Å². The highest BCUT2D eigenvalue weighted by Crippen LogP contribution is 2.27. The lowest BCUT2D eigenvalue weighted by Gasteiger charge is -2.32. The number of piperidine rings is 1. The first-order valence-corrected chi connectivity index (χ1v) is 11.6. The third-order valence-corrected chi connectivity index (χ3v) is 6.43. The van der Waals surface area contributed by atoms with Gasteiger partial charge in [0.2, 0.25) is 5.82 Å². The molecular formula is C26H27N5O4. The lowest BCUT2D eigenvalue weighted by Crippen LogP contribution is -2.40. The average Bonchev–Trinajstić information content (AvgIpc) is 3.52. The molecule has 2 aromatic carbocycles. The van der Waals surface area contributed by atoms with Gasteiger partial charge in [0.15, 0.2) is 0 Å². The normalized spacial score (nSPS) is 17.4. The average molecular weight is 474 g/mol.